The van der Waals surface area contributed by atoms with Crippen LogP contribution < -0.4 is 15.6 Å². The van der Waals surface area contributed by atoms with Gasteiger partial charge in [0, 0.05) is 0 Å². The quantitative estimate of drug-likeness (QED) is 0.852. The fourth-order valence-corrected chi connectivity index (χ4v) is 1.86. The lowest BCUT2D eigenvalue weighted by molar-refractivity contribution is -0.137. The number of methoxy groups -OCH3 is 1. The number of carbonyl (C=O) groups excluding carboxylic acids is 1. The molecule has 1 aromatic carbocycles. The van der Waals surface area contributed by atoms with E-state index < -0.39 is 28.8 Å². The number of carbonyl (C=O) groups is 1. The number of hydrogen-bond acceptors (Lipinski definition) is 5. The molecular formula is C14H12F3N3O4. The molecule has 0 aliphatic carbocycles. The molecular weight excluding hydrogens is 331 g/mol. The Hall–Kier alpha value is -2.88. The van der Waals surface area contributed by atoms with Gasteiger partial charge in [-0.15, -0.1) is 0 Å². The van der Waals surface area contributed by atoms with Gasteiger partial charge in [-0.05, 0) is 18.2 Å². The Balaban J connectivity index is 2.61. The first-order chi connectivity index (χ1) is 11.3. The van der Waals surface area contributed by atoms with Gasteiger partial charge in [-0.3, -0.25) is 14.4 Å². The van der Waals surface area contributed by atoms with Gasteiger partial charge in [0.05, 0.1) is 31.7 Å². The molecule has 2 aromatic rings. The van der Waals surface area contributed by atoms with E-state index in [1.54, 1.807) is 0 Å². The van der Waals surface area contributed by atoms with Crippen LogP contribution in [0.15, 0.2) is 35.3 Å². The minimum absolute atomic E-state index is 0.00501. The molecule has 1 heterocycles. The number of amides is 1. The number of nitrogens with one attached hydrogen (secondary N) is 1. The van der Waals surface area contributed by atoms with Gasteiger partial charge in [0.1, 0.15) is 0 Å². The van der Waals surface area contributed by atoms with E-state index in [-0.39, 0.29) is 11.4 Å². The van der Waals surface area contributed by atoms with E-state index >= 15 is 0 Å². The van der Waals surface area contributed by atoms with E-state index in [1.165, 1.54) is 19.2 Å². The molecule has 1 amide bonds. The summed E-state index contributed by atoms with van der Waals surface area (Å²) in [6.45, 7) is 0. The Morgan fingerprint density at radius 3 is 2.58 bits per heavy atom. The van der Waals surface area contributed by atoms with Gasteiger partial charge in [-0.1, -0.05) is 6.07 Å². The number of rotatable bonds is 4. The second-order valence-electron chi connectivity index (χ2n) is 4.50. The van der Waals surface area contributed by atoms with E-state index in [0.717, 1.165) is 30.1 Å². The molecule has 128 valence electrons. The van der Waals surface area contributed by atoms with Gasteiger partial charge >= 0.3 is 6.18 Å². The second kappa shape index (κ2) is 6.71. The molecule has 7 nitrogen and oxygen atoms in total. The first-order valence-corrected chi connectivity index (χ1v) is 6.47. The number of hydrogen-bond donors (Lipinski definition) is 1. The summed E-state index contributed by atoms with van der Waals surface area (Å²) in [4.78, 5) is 28.2. The van der Waals surface area contributed by atoms with E-state index in [2.05, 4.69) is 9.94 Å². The summed E-state index contributed by atoms with van der Waals surface area (Å²) in [6, 6.07) is 4.24. The zero-order chi connectivity index (χ0) is 17.9. The molecule has 24 heavy (non-hydrogen) atoms. The van der Waals surface area contributed by atoms with Gasteiger partial charge in [0.15, 0.2) is 5.75 Å². The third-order valence-corrected chi connectivity index (χ3v) is 2.95. The topological polar surface area (TPSA) is 82.4 Å². The van der Waals surface area contributed by atoms with E-state index in [4.69, 9.17) is 4.74 Å². The maximum atomic E-state index is 12.8. The van der Waals surface area contributed by atoms with Crippen molar-refractivity contribution in [2.75, 3.05) is 14.2 Å². The smallest absolute Gasteiger partial charge is 0.416 e. The van der Waals surface area contributed by atoms with Crippen molar-refractivity contribution in [3.8, 4) is 11.4 Å². The summed E-state index contributed by atoms with van der Waals surface area (Å²) in [6.07, 6.45) is -3.46. The summed E-state index contributed by atoms with van der Waals surface area (Å²) in [7, 11) is 2.34. The maximum Gasteiger partial charge on any atom is 0.416 e. The van der Waals surface area contributed by atoms with Gasteiger partial charge in [-0.2, -0.15) is 18.3 Å². The fourth-order valence-electron chi connectivity index (χ4n) is 1.86. The maximum absolute atomic E-state index is 12.8. The number of alkyl halides is 3. The van der Waals surface area contributed by atoms with E-state index in [9.17, 15) is 22.8 Å². The third-order valence-electron chi connectivity index (χ3n) is 2.95. The number of ether oxygens (including phenoxy) is 1. The van der Waals surface area contributed by atoms with Crippen molar-refractivity contribution in [3.63, 3.8) is 0 Å². The Morgan fingerprint density at radius 2 is 2.00 bits per heavy atom. The Bertz CT molecular complexity index is 818. The highest BCUT2D eigenvalue weighted by Gasteiger charge is 2.30. The number of hydroxylamine groups is 1. The standard InChI is InChI=1S/C14H12F3N3O4/c1-23-10-7-20(18-11(12(10)21)13(22)19-24-2)9-5-3-4-8(6-9)14(15,16)17/h3-7H,1-2H3,(H,19,22). The predicted molar refractivity (Wildman–Crippen MR) is 75.9 cm³/mol. The summed E-state index contributed by atoms with van der Waals surface area (Å²) in [5, 5.41) is 3.76. The van der Waals surface area contributed by atoms with Crippen LogP contribution in [0.4, 0.5) is 13.2 Å². The van der Waals surface area contributed by atoms with Crippen molar-refractivity contribution in [1.29, 1.82) is 0 Å². The summed E-state index contributed by atoms with van der Waals surface area (Å²) >= 11 is 0. The SMILES string of the molecule is CONC(=O)c1nn(-c2cccc(C(F)(F)F)c2)cc(OC)c1=O. The highest BCUT2D eigenvalue weighted by Crippen LogP contribution is 2.30. The number of benzene rings is 1. The Morgan fingerprint density at radius 1 is 1.29 bits per heavy atom. The minimum atomic E-state index is -4.55. The molecule has 0 fully saturated rings. The molecule has 0 aliphatic rings. The molecule has 0 spiro atoms. The Labute approximate surface area is 133 Å². The van der Waals surface area contributed by atoms with Crippen LogP contribution in [0.1, 0.15) is 16.1 Å². The third kappa shape index (κ3) is 3.54. The molecule has 0 saturated carbocycles. The van der Waals surface area contributed by atoms with Crippen LogP contribution >= 0.6 is 0 Å². The van der Waals surface area contributed by atoms with Crippen molar-refractivity contribution in [3.05, 3.63) is 51.9 Å². The lowest BCUT2D eigenvalue weighted by Gasteiger charge is -2.12. The molecule has 10 heteroatoms. The Kier molecular flexibility index (Phi) is 4.88. The summed E-state index contributed by atoms with van der Waals surface area (Å²) in [5.74, 6) is -1.22. The molecule has 0 atom stereocenters. The molecule has 0 bridgehead atoms. The van der Waals surface area contributed by atoms with Gasteiger partial charge in [-0.25, -0.2) is 10.2 Å². The van der Waals surface area contributed by atoms with Crippen LogP contribution in [0.25, 0.3) is 5.69 Å². The minimum Gasteiger partial charge on any atom is -0.491 e. The van der Waals surface area contributed by atoms with Crippen molar-refractivity contribution < 1.29 is 27.5 Å². The molecule has 1 aromatic heterocycles. The van der Waals surface area contributed by atoms with Crippen LogP contribution in [0.5, 0.6) is 5.75 Å². The number of nitrogens with zero attached hydrogens (tertiary/aromatic N) is 2. The molecule has 0 saturated heterocycles. The van der Waals surface area contributed by atoms with Gasteiger partial charge in [0.25, 0.3) is 11.3 Å². The van der Waals surface area contributed by atoms with Gasteiger partial charge < -0.3 is 4.74 Å². The monoisotopic (exact) mass is 343 g/mol. The number of aromatic nitrogens is 2. The fraction of sp³-hybridized carbons (Fsp3) is 0.214. The highest BCUT2D eigenvalue weighted by atomic mass is 19.4. The molecule has 0 unspecified atom stereocenters. The largest absolute Gasteiger partial charge is 0.491 e. The average molecular weight is 343 g/mol. The summed E-state index contributed by atoms with van der Waals surface area (Å²) < 4.78 is 44.2. The lowest BCUT2D eigenvalue weighted by atomic mass is 10.2. The number of halogens is 3. The predicted octanol–water partition coefficient (Wildman–Crippen LogP) is 1.55. The van der Waals surface area contributed by atoms with Crippen molar-refractivity contribution in [2.45, 2.75) is 6.18 Å². The normalized spacial score (nSPS) is 11.2. The van der Waals surface area contributed by atoms with Crippen LogP contribution in [0.3, 0.4) is 0 Å². The molecule has 1 N–H and O–H groups in total. The second-order valence-corrected chi connectivity index (χ2v) is 4.50. The zero-order valence-corrected chi connectivity index (χ0v) is 12.5. The zero-order valence-electron chi connectivity index (χ0n) is 12.5. The molecule has 2 rings (SSSR count). The average Bonchev–Trinajstić information content (AvgIpc) is 2.54. The van der Waals surface area contributed by atoms with Crippen molar-refractivity contribution >= 4 is 5.91 Å². The van der Waals surface area contributed by atoms with Crippen LogP contribution in [0, 0.1) is 0 Å². The van der Waals surface area contributed by atoms with Crippen LogP contribution in [-0.2, 0) is 11.0 Å². The molecule has 0 aliphatic heterocycles. The highest BCUT2D eigenvalue weighted by molar-refractivity contribution is 5.91. The summed E-state index contributed by atoms with van der Waals surface area (Å²) in [5.41, 5.74) is -0.401. The van der Waals surface area contributed by atoms with E-state index in [1.807, 2.05) is 5.48 Å². The van der Waals surface area contributed by atoms with E-state index in [0.29, 0.717) is 0 Å². The molecule has 0 radical (unpaired) electrons. The lowest BCUT2D eigenvalue weighted by Crippen LogP contribution is -2.31. The van der Waals surface area contributed by atoms with Crippen LogP contribution in [0.2, 0.25) is 0 Å². The van der Waals surface area contributed by atoms with Crippen molar-refractivity contribution in [2.24, 2.45) is 0 Å². The first-order valence-electron chi connectivity index (χ1n) is 6.47. The first kappa shape index (κ1) is 17.5. The van der Waals surface area contributed by atoms with Gasteiger partial charge in [0.2, 0.25) is 5.69 Å². The van der Waals surface area contributed by atoms with Crippen LogP contribution in [-0.4, -0.2) is 29.9 Å². The van der Waals surface area contributed by atoms with Crippen molar-refractivity contribution in [1.82, 2.24) is 15.3 Å².